The number of hydrogen-bond donors (Lipinski definition) is 0. The van der Waals surface area contributed by atoms with Gasteiger partial charge in [-0.3, -0.25) is 4.98 Å². The zero-order valence-corrected chi connectivity index (χ0v) is 16.1. The summed E-state index contributed by atoms with van der Waals surface area (Å²) >= 11 is 2.21. The Kier molecular flexibility index (Phi) is 3.64. The summed E-state index contributed by atoms with van der Waals surface area (Å²) in [6.45, 7) is 6.76. The van der Waals surface area contributed by atoms with Crippen molar-refractivity contribution in [2.75, 3.05) is 0 Å². The van der Waals surface area contributed by atoms with Crippen LogP contribution in [0.2, 0.25) is 0 Å². The molecule has 0 saturated heterocycles. The molecular formula is C21H18INO. The fraction of sp³-hybridized carbons (Fsp3) is 0.190. The summed E-state index contributed by atoms with van der Waals surface area (Å²) in [7, 11) is 0. The molecule has 0 radical (unpaired) electrons. The maximum Gasteiger partial charge on any atom is 0.165 e. The number of rotatable bonds is 1. The van der Waals surface area contributed by atoms with Gasteiger partial charge in [0, 0.05) is 17.1 Å². The van der Waals surface area contributed by atoms with Crippen LogP contribution in [-0.2, 0) is 5.41 Å². The van der Waals surface area contributed by atoms with Gasteiger partial charge in [0.25, 0.3) is 0 Å². The zero-order chi connectivity index (χ0) is 16.9. The molecule has 120 valence electrons. The first kappa shape index (κ1) is 15.6. The van der Waals surface area contributed by atoms with Gasteiger partial charge in [-0.1, -0.05) is 45.0 Å². The lowest BCUT2D eigenvalue weighted by Gasteiger charge is -2.22. The van der Waals surface area contributed by atoms with Gasteiger partial charge >= 0.3 is 0 Å². The Morgan fingerprint density at radius 3 is 2.54 bits per heavy atom. The highest BCUT2D eigenvalue weighted by Gasteiger charge is 2.20. The fourth-order valence-corrected chi connectivity index (χ4v) is 3.76. The average Bonchev–Trinajstić information content (AvgIpc) is 2.93. The van der Waals surface area contributed by atoms with E-state index < -0.39 is 0 Å². The Morgan fingerprint density at radius 1 is 0.958 bits per heavy atom. The molecule has 0 N–H and O–H groups in total. The molecule has 0 spiro atoms. The van der Waals surface area contributed by atoms with Crippen LogP contribution in [0, 0.1) is 3.77 Å². The molecule has 3 heteroatoms. The molecule has 2 heterocycles. The summed E-state index contributed by atoms with van der Waals surface area (Å²) in [6.07, 6.45) is 1.86. The van der Waals surface area contributed by atoms with E-state index in [4.69, 9.17) is 4.42 Å². The highest BCUT2D eigenvalue weighted by molar-refractivity contribution is 14.1. The molecule has 0 aliphatic carbocycles. The molecule has 0 unspecified atom stereocenters. The third-order valence-corrected chi connectivity index (χ3v) is 4.88. The summed E-state index contributed by atoms with van der Waals surface area (Å²) < 4.78 is 6.80. The molecule has 0 atom stereocenters. The summed E-state index contributed by atoms with van der Waals surface area (Å²) in [5.74, 6) is 0. The number of benzene rings is 2. The lowest BCUT2D eigenvalue weighted by Crippen LogP contribution is -2.12. The number of halogens is 1. The smallest absolute Gasteiger partial charge is 0.165 e. The molecule has 0 aliphatic heterocycles. The summed E-state index contributed by atoms with van der Waals surface area (Å²) in [4.78, 5) is 4.62. The van der Waals surface area contributed by atoms with E-state index in [1.165, 1.54) is 16.3 Å². The normalized spacial score (nSPS) is 12.2. The second-order valence-corrected chi connectivity index (χ2v) is 8.19. The first-order chi connectivity index (χ1) is 11.4. The molecule has 0 saturated carbocycles. The van der Waals surface area contributed by atoms with Crippen molar-refractivity contribution in [2.24, 2.45) is 0 Å². The number of nitrogens with zero attached hydrogens (tertiary/aromatic N) is 1. The van der Waals surface area contributed by atoms with E-state index in [0.29, 0.717) is 0 Å². The third kappa shape index (κ3) is 2.61. The lowest BCUT2D eigenvalue weighted by atomic mass is 9.82. The third-order valence-electron chi connectivity index (χ3n) is 4.35. The van der Waals surface area contributed by atoms with Crippen molar-refractivity contribution in [3.8, 4) is 11.3 Å². The average molecular weight is 427 g/mol. The predicted molar refractivity (Wildman–Crippen MR) is 108 cm³/mol. The number of hydrogen-bond acceptors (Lipinski definition) is 2. The molecule has 4 aromatic rings. The van der Waals surface area contributed by atoms with E-state index >= 15 is 0 Å². The van der Waals surface area contributed by atoms with Gasteiger partial charge in [0.2, 0.25) is 0 Å². The summed E-state index contributed by atoms with van der Waals surface area (Å²) in [5, 5.41) is 3.63. The Hall–Kier alpha value is -1.88. The van der Waals surface area contributed by atoms with E-state index in [1.807, 2.05) is 18.3 Å². The molecule has 2 aromatic heterocycles. The Balaban J connectivity index is 2.06. The first-order valence-corrected chi connectivity index (χ1v) is 9.09. The number of furan rings is 1. The van der Waals surface area contributed by atoms with Gasteiger partial charge in [-0.05, 0) is 68.6 Å². The Labute approximate surface area is 155 Å². The van der Waals surface area contributed by atoms with Crippen LogP contribution in [0.15, 0.2) is 59.1 Å². The molecular weight excluding hydrogens is 409 g/mol. The monoisotopic (exact) mass is 427 g/mol. The van der Waals surface area contributed by atoms with Gasteiger partial charge in [0.15, 0.2) is 9.35 Å². The van der Waals surface area contributed by atoms with E-state index in [1.54, 1.807) is 0 Å². The van der Waals surface area contributed by atoms with Crippen molar-refractivity contribution in [3.05, 3.63) is 64.1 Å². The molecule has 0 bridgehead atoms. The minimum absolute atomic E-state index is 0.0566. The van der Waals surface area contributed by atoms with Gasteiger partial charge in [0.1, 0.15) is 5.69 Å². The van der Waals surface area contributed by atoms with Crippen molar-refractivity contribution in [3.63, 3.8) is 0 Å². The van der Waals surface area contributed by atoms with Gasteiger partial charge in [-0.25, -0.2) is 0 Å². The quantitative estimate of drug-likeness (QED) is 0.322. The minimum Gasteiger partial charge on any atom is -0.448 e. The number of pyridine rings is 1. The van der Waals surface area contributed by atoms with Crippen molar-refractivity contribution in [2.45, 2.75) is 26.2 Å². The second-order valence-electron chi connectivity index (χ2n) is 7.12. The number of fused-ring (bicyclic) bond motifs is 2. The Bertz CT molecular complexity index is 1060. The van der Waals surface area contributed by atoms with E-state index in [-0.39, 0.29) is 5.41 Å². The second kappa shape index (κ2) is 5.59. The summed E-state index contributed by atoms with van der Waals surface area (Å²) in [5.41, 5.74) is 4.26. The topological polar surface area (TPSA) is 26.0 Å². The van der Waals surface area contributed by atoms with Crippen LogP contribution < -0.4 is 0 Å². The standard InChI is InChI=1S/C21H18INO/c1-21(2,3)17-11-15(10-13-6-4-5-7-16(13)17)19-20-14(8-9-23-19)12-18(22)24-20/h4-12H,1-3H3. The molecule has 2 nitrogen and oxygen atoms in total. The molecule has 0 amide bonds. The molecule has 4 rings (SSSR count). The maximum absolute atomic E-state index is 5.92. The van der Waals surface area contributed by atoms with Gasteiger partial charge < -0.3 is 4.42 Å². The van der Waals surface area contributed by atoms with Crippen LogP contribution in [0.5, 0.6) is 0 Å². The molecule has 0 fully saturated rings. The summed E-state index contributed by atoms with van der Waals surface area (Å²) in [6, 6.07) is 17.1. The molecule has 24 heavy (non-hydrogen) atoms. The lowest BCUT2D eigenvalue weighted by molar-refractivity contribution is 0.583. The van der Waals surface area contributed by atoms with Crippen LogP contribution in [0.3, 0.4) is 0 Å². The van der Waals surface area contributed by atoms with Gasteiger partial charge in [-0.15, -0.1) is 0 Å². The van der Waals surface area contributed by atoms with Crippen molar-refractivity contribution in [1.29, 1.82) is 0 Å². The SMILES string of the molecule is CC(C)(C)c1cc(-c2nccc3cc(I)oc23)cc2ccccc12. The van der Waals surface area contributed by atoms with Crippen LogP contribution in [0.1, 0.15) is 26.3 Å². The number of aromatic nitrogens is 1. The van der Waals surface area contributed by atoms with E-state index in [2.05, 4.69) is 84.7 Å². The largest absolute Gasteiger partial charge is 0.448 e. The van der Waals surface area contributed by atoms with Gasteiger partial charge in [0.05, 0.1) is 0 Å². The highest BCUT2D eigenvalue weighted by atomic mass is 127. The minimum atomic E-state index is 0.0566. The van der Waals surface area contributed by atoms with Crippen LogP contribution in [0.25, 0.3) is 33.0 Å². The van der Waals surface area contributed by atoms with Crippen LogP contribution in [0.4, 0.5) is 0 Å². The van der Waals surface area contributed by atoms with Crippen LogP contribution in [-0.4, -0.2) is 4.98 Å². The van der Waals surface area contributed by atoms with E-state index in [0.717, 1.165) is 26.0 Å². The van der Waals surface area contributed by atoms with Gasteiger partial charge in [-0.2, -0.15) is 0 Å². The Morgan fingerprint density at radius 2 is 1.75 bits per heavy atom. The van der Waals surface area contributed by atoms with Crippen molar-refractivity contribution in [1.82, 2.24) is 4.98 Å². The zero-order valence-electron chi connectivity index (χ0n) is 13.9. The van der Waals surface area contributed by atoms with E-state index in [9.17, 15) is 0 Å². The predicted octanol–water partition coefficient (Wildman–Crippen LogP) is 6.55. The molecule has 2 aromatic carbocycles. The highest BCUT2D eigenvalue weighted by Crippen LogP contribution is 2.36. The first-order valence-electron chi connectivity index (χ1n) is 8.01. The van der Waals surface area contributed by atoms with Crippen molar-refractivity contribution >= 4 is 44.3 Å². The van der Waals surface area contributed by atoms with Crippen LogP contribution >= 0.6 is 22.6 Å². The molecule has 0 aliphatic rings. The fourth-order valence-electron chi connectivity index (χ4n) is 3.21. The van der Waals surface area contributed by atoms with Crippen molar-refractivity contribution < 1.29 is 4.42 Å². The maximum atomic E-state index is 5.92.